The summed E-state index contributed by atoms with van der Waals surface area (Å²) >= 11 is 9.15. The summed E-state index contributed by atoms with van der Waals surface area (Å²) in [5.74, 6) is 0.435. The average molecular weight is 346 g/mol. The number of alkyl halides is 2. The first-order valence-corrected chi connectivity index (χ1v) is 6.27. The highest BCUT2D eigenvalue weighted by atomic mass is 79.9. The van der Waals surface area contributed by atoms with Gasteiger partial charge in [-0.15, -0.1) is 0 Å². The number of hydrogen-bond donors (Lipinski definition) is 0. The van der Waals surface area contributed by atoms with Crippen molar-refractivity contribution >= 4 is 27.5 Å². The Morgan fingerprint density at radius 1 is 1.39 bits per heavy atom. The van der Waals surface area contributed by atoms with E-state index in [-0.39, 0.29) is 18.4 Å². The van der Waals surface area contributed by atoms with Gasteiger partial charge in [0.25, 0.3) is 6.43 Å². The first-order chi connectivity index (χ1) is 8.54. The van der Waals surface area contributed by atoms with Crippen molar-refractivity contribution in [2.45, 2.75) is 19.5 Å². The van der Waals surface area contributed by atoms with Crippen LogP contribution in [0.15, 0.2) is 4.47 Å². The number of rotatable bonds is 7. The van der Waals surface area contributed by atoms with Gasteiger partial charge < -0.3 is 9.47 Å². The first kappa shape index (κ1) is 15.7. The Kier molecular flexibility index (Phi) is 6.91. The molecule has 0 atom stereocenters. The van der Waals surface area contributed by atoms with E-state index >= 15 is 0 Å². The van der Waals surface area contributed by atoms with E-state index in [1.807, 2.05) is 0 Å². The standard InChI is InChI=1S/C10H12BrClF2N2O2/c1-17-4-6-9(11)10(12)16-8(15-6)2-3-18-5-7(13)14/h7H,2-5H2,1H3. The van der Waals surface area contributed by atoms with Gasteiger partial charge in [-0.25, -0.2) is 18.7 Å². The highest BCUT2D eigenvalue weighted by Gasteiger charge is 2.11. The Balaban J connectivity index is 2.60. The molecule has 0 aliphatic rings. The third-order valence-corrected chi connectivity index (χ3v) is 3.26. The summed E-state index contributed by atoms with van der Waals surface area (Å²) < 4.78 is 34.0. The minimum absolute atomic E-state index is 0.120. The maximum absolute atomic E-state index is 11.8. The largest absolute Gasteiger partial charge is 0.378 e. The van der Waals surface area contributed by atoms with Crippen LogP contribution in [0.5, 0.6) is 0 Å². The smallest absolute Gasteiger partial charge is 0.261 e. The van der Waals surface area contributed by atoms with Crippen molar-refractivity contribution < 1.29 is 18.3 Å². The SMILES string of the molecule is COCc1nc(CCOCC(F)F)nc(Cl)c1Br. The van der Waals surface area contributed by atoms with Crippen LogP contribution >= 0.6 is 27.5 Å². The van der Waals surface area contributed by atoms with E-state index in [1.165, 1.54) is 7.11 Å². The molecule has 102 valence electrons. The average Bonchev–Trinajstić information content (AvgIpc) is 2.31. The van der Waals surface area contributed by atoms with Gasteiger partial charge in [-0.05, 0) is 15.9 Å². The Hall–Kier alpha value is -0.370. The topological polar surface area (TPSA) is 44.2 Å². The highest BCUT2D eigenvalue weighted by Crippen LogP contribution is 2.24. The van der Waals surface area contributed by atoms with E-state index in [9.17, 15) is 8.78 Å². The van der Waals surface area contributed by atoms with E-state index in [0.717, 1.165) is 0 Å². The summed E-state index contributed by atoms with van der Waals surface area (Å²) in [6.45, 7) is -0.183. The third kappa shape index (κ3) is 5.09. The van der Waals surface area contributed by atoms with Crippen LogP contribution in [0.1, 0.15) is 11.5 Å². The minimum Gasteiger partial charge on any atom is -0.378 e. The summed E-state index contributed by atoms with van der Waals surface area (Å²) in [6, 6.07) is 0. The summed E-state index contributed by atoms with van der Waals surface area (Å²) in [5.41, 5.74) is 0.612. The van der Waals surface area contributed by atoms with Gasteiger partial charge in [0.05, 0.1) is 23.4 Å². The molecular formula is C10H12BrClF2N2O2. The van der Waals surface area contributed by atoms with Gasteiger partial charge in [0, 0.05) is 13.5 Å². The molecule has 0 amide bonds. The Morgan fingerprint density at radius 3 is 2.72 bits per heavy atom. The summed E-state index contributed by atoms with van der Waals surface area (Å²) in [4.78, 5) is 8.22. The Bertz CT molecular complexity index is 396. The Labute approximate surface area is 117 Å². The lowest BCUT2D eigenvalue weighted by atomic mass is 10.3. The molecule has 8 heteroatoms. The second-order valence-electron chi connectivity index (χ2n) is 3.34. The summed E-state index contributed by atoms with van der Waals surface area (Å²) in [6.07, 6.45) is -2.15. The molecule has 4 nitrogen and oxygen atoms in total. The molecule has 0 aliphatic carbocycles. The van der Waals surface area contributed by atoms with E-state index in [0.29, 0.717) is 22.4 Å². The molecule has 1 aromatic heterocycles. The third-order valence-electron chi connectivity index (χ3n) is 1.92. The zero-order valence-electron chi connectivity index (χ0n) is 9.63. The van der Waals surface area contributed by atoms with E-state index in [1.54, 1.807) is 0 Å². The van der Waals surface area contributed by atoms with Crippen molar-refractivity contribution in [2.75, 3.05) is 20.3 Å². The first-order valence-electron chi connectivity index (χ1n) is 5.10. The normalized spacial score (nSPS) is 11.2. The van der Waals surface area contributed by atoms with Crippen LogP contribution in [-0.4, -0.2) is 36.7 Å². The molecule has 0 spiro atoms. The molecule has 0 unspecified atom stereocenters. The molecule has 0 aliphatic heterocycles. The lowest BCUT2D eigenvalue weighted by molar-refractivity contribution is 0.0182. The molecule has 0 fully saturated rings. The monoisotopic (exact) mass is 344 g/mol. The fourth-order valence-corrected chi connectivity index (χ4v) is 1.69. The van der Waals surface area contributed by atoms with Crippen LogP contribution in [0, 0.1) is 0 Å². The van der Waals surface area contributed by atoms with Gasteiger partial charge in [-0.1, -0.05) is 11.6 Å². The van der Waals surface area contributed by atoms with Gasteiger partial charge in [0.15, 0.2) is 0 Å². The molecule has 1 aromatic rings. The van der Waals surface area contributed by atoms with Crippen molar-refractivity contribution in [3.8, 4) is 0 Å². The van der Waals surface area contributed by atoms with Crippen LogP contribution < -0.4 is 0 Å². The summed E-state index contributed by atoms with van der Waals surface area (Å²) in [7, 11) is 1.54. The van der Waals surface area contributed by atoms with Crippen LogP contribution in [0.2, 0.25) is 5.15 Å². The molecule has 18 heavy (non-hydrogen) atoms. The molecule has 0 saturated carbocycles. The number of ether oxygens (including phenoxy) is 2. The number of methoxy groups -OCH3 is 1. The number of aromatic nitrogens is 2. The van der Waals surface area contributed by atoms with Gasteiger partial charge >= 0.3 is 0 Å². The molecule has 0 N–H and O–H groups in total. The number of halogens is 4. The molecule has 0 saturated heterocycles. The Morgan fingerprint density at radius 2 is 2.11 bits per heavy atom. The molecular weight excluding hydrogens is 333 g/mol. The van der Waals surface area contributed by atoms with Crippen molar-refractivity contribution in [2.24, 2.45) is 0 Å². The number of nitrogens with zero attached hydrogens (tertiary/aromatic N) is 2. The van der Waals surface area contributed by atoms with Crippen molar-refractivity contribution in [1.29, 1.82) is 0 Å². The van der Waals surface area contributed by atoms with Gasteiger partial charge in [0.2, 0.25) is 0 Å². The second kappa shape index (κ2) is 7.93. The lowest BCUT2D eigenvalue weighted by Gasteiger charge is -2.08. The lowest BCUT2D eigenvalue weighted by Crippen LogP contribution is -2.10. The molecule has 0 bridgehead atoms. The van der Waals surface area contributed by atoms with Crippen molar-refractivity contribution in [3.63, 3.8) is 0 Å². The molecule has 1 rings (SSSR count). The summed E-state index contributed by atoms with van der Waals surface area (Å²) in [5, 5.41) is 0.265. The quantitative estimate of drug-likeness (QED) is 0.563. The van der Waals surface area contributed by atoms with E-state index in [2.05, 4.69) is 25.9 Å². The molecule has 0 aromatic carbocycles. The maximum Gasteiger partial charge on any atom is 0.261 e. The van der Waals surface area contributed by atoms with Gasteiger partial charge in [0.1, 0.15) is 17.6 Å². The molecule has 0 radical (unpaired) electrons. The fraction of sp³-hybridized carbons (Fsp3) is 0.600. The number of hydrogen-bond acceptors (Lipinski definition) is 4. The zero-order chi connectivity index (χ0) is 13.5. The van der Waals surface area contributed by atoms with Crippen LogP contribution in [0.4, 0.5) is 8.78 Å². The maximum atomic E-state index is 11.8. The van der Waals surface area contributed by atoms with Crippen LogP contribution in [-0.2, 0) is 22.5 Å². The molecule has 1 heterocycles. The van der Waals surface area contributed by atoms with Gasteiger partial charge in [-0.2, -0.15) is 0 Å². The van der Waals surface area contributed by atoms with Crippen LogP contribution in [0.3, 0.4) is 0 Å². The fourth-order valence-electron chi connectivity index (χ4n) is 1.19. The minimum atomic E-state index is -2.47. The van der Waals surface area contributed by atoms with E-state index in [4.69, 9.17) is 21.1 Å². The van der Waals surface area contributed by atoms with Crippen molar-refractivity contribution in [1.82, 2.24) is 9.97 Å². The predicted octanol–water partition coefficient (Wildman–Crippen LogP) is 2.86. The van der Waals surface area contributed by atoms with E-state index < -0.39 is 13.0 Å². The zero-order valence-corrected chi connectivity index (χ0v) is 12.0. The van der Waals surface area contributed by atoms with Crippen LogP contribution in [0.25, 0.3) is 0 Å². The highest BCUT2D eigenvalue weighted by molar-refractivity contribution is 9.10. The van der Waals surface area contributed by atoms with Gasteiger partial charge in [-0.3, -0.25) is 0 Å². The second-order valence-corrected chi connectivity index (χ2v) is 4.49. The predicted molar refractivity (Wildman–Crippen MR) is 66.0 cm³/mol. The van der Waals surface area contributed by atoms with Crippen molar-refractivity contribution in [3.05, 3.63) is 21.1 Å².